The van der Waals surface area contributed by atoms with Gasteiger partial charge in [0.25, 0.3) is 0 Å². The lowest BCUT2D eigenvalue weighted by atomic mass is 10.2. The van der Waals surface area contributed by atoms with Crippen molar-refractivity contribution in [3.8, 4) is 11.8 Å². The van der Waals surface area contributed by atoms with E-state index in [0.29, 0.717) is 13.0 Å². The molecular weight excluding hydrogens is 218 g/mol. The maximum absolute atomic E-state index is 11.3. The molecule has 0 aliphatic carbocycles. The number of carbonyl (C=O) groups is 1. The molecule has 0 aromatic carbocycles. The second-order valence-electron chi connectivity index (χ2n) is 4.45. The largest absolute Gasteiger partial charge is 0.444 e. The van der Waals surface area contributed by atoms with Crippen LogP contribution in [0.25, 0.3) is 0 Å². The van der Waals surface area contributed by atoms with Crippen LogP contribution in [0.2, 0.25) is 0 Å². The molecule has 1 aromatic rings. The van der Waals surface area contributed by atoms with Crippen LogP contribution >= 0.6 is 0 Å². The molecule has 0 bridgehead atoms. The molecule has 0 spiro atoms. The number of nitrogens with zero attached hydrogens (tertiary/aromatic N) is 1. The molecular formula is C12H17N3O2. The minimum Gasteiger partial charge on any atom is -0.444 e. The molecule has 17 heavy (non-hydrogen) atoms. The molecule has 0 aliphatic heterocycles. The number of carbonyl (C=O) groups excluding carboxylic acids is 1. The van der Waals surface area contributed by atoms with Crippen LogP contribution < -0.4 is 5.32 Å². The van der Waals surface area contributed by atoms with Crippen LogP contribution in [0.4, 0.5) is 4.79 Å². The number of H-pyrrole nitrogens is 1. The third-order valence-electron chi connectivity index (χ3n) is 1.64. The summed E-state index contributed by atoms with van der Waals surface area (Å²) >= 11 is 0. The fourth-order valence-corrected chi connectivity index (χ4v) is 1.02. The fraction of sp³-hybridized carbons (Fsp3) is 0.500. The predicted octanol–water partition coefficient (Wildman–Crippen LogP) is 1.68. The minimum atomic E-state index is -0.467. The summed E-state index contributed by atoms with van der Waals surface area (Å²) in [4.78, 5) is 11.3. The van der Waals surface area contributed by atoms with Crippen LogP contribution in [0.1, 0.15) is 32.9 Å². The summed E-state index contributed by atoms with van der Waals surface area (Å²) in [7, 11) is 0. The predicted molar refractivity (Wildman–Crippen MR) is 64.3 cm³/mol. The van der Waals surface area contributed by atoms with Gasteiger partial charge in [-0.15, -0.1) is 0 Å². The van der Waals surface area contributed by atoms with Crippen molar-refractivity contribution >= 4 is 6.09 Å². The topological polar surface area (TPSA) is 67.0 Å². The van der Waals surface area contributed by atoms with Crippen molar-refractivity contribution in [2.45, 2.75) is 32.8 Å². The Bertz CT molecular complexity index is 407. The molecule has 5 heteroatoms. The molecule has 1 aromatic heterocycles. The standard InChI is InChI=1S/C12H17N3O2/c1-12(2,3)17-11(16)13-8-5-4-6-10-7-9-14-15-10/h7,9H,5,8H2,1-3H3,(H,13,16)(H,14,15). The van der Waals surface area contributed by atoms with Gasteiger partial charge in [-0.1, -0.05) is 5.92 Å². The Morgan fingerprint density at radius 2 is 2.35 bits per heavy atom. The molecule has 0 saturated carbocycles. The summed E-state index contributed by atoms with van der Waals surface area (Å²) in [6.45, 7) is 5.94. The van der Waals surface area contributed by atoms with Crippen LogP contribution in [0, 0.1) is 11.8 Å². The number of aromatic nitrogens is 2. The van der Waals surface area contributed by atoms with E-state index in [1.54, 1.807) is 12.3 Å². The normalized spacial score (nSPS) is 10.3. The smallest absolute Gasteiger partial charge is 0.407 e. The minimum absolute atomic E-state index is 0.416. The summed E-state index contributed by atoms with van der Waals surface area (Å²) in [6.07, 6.45) is 1.79. The highest BCUT2D eigenvalue weighted by molar-refractivity contribution is 5.67. The summed E-state index contributed by atoms with van der Waals surface area (Å²) < 4.78 is 5.08. The van der Waals surface area contributed by atoms with Crippen molar-refractivity contribution in [2.24, 2.45) is 0 Å². The molecule has 92 valence electrons. The highest BCUT2D eigenvalue weighted by Gasteiger charge is 2.15. The molecule has 0 radical (unpaired) electrons. The van der Waals surface area contributed by atoms with E-state index in [2.05, 4.69) is 27.4 Å². The van der Waals surface area contributed by atoms with Crippen LogP contribution in [0.15, 0.2) is 12.3 Å². The molecule has 0 fully saturated rings. The summed E-state index contributed by atoms with van der Waals surface area (Å²) in [5.74, 6) is 5.80. The highest BCUT2D eigenvalue weighted by atomic mass is 16.6. The maximum Gasteiger partial charge on any atom is 0.407 e. The zero-order valence-electron chi connectivity index (χ0n) is 10.3. The van der Waals surface area contributed by atoms with E-state index in [0.717, 1.165) is 5.69 Å². The number of hydrogen-bond donors (Lipinski definition) is 2. The Kier molecular flexibility index (Phi) is 4.58. The molecule has 5 nitrogen and oxygen atoms in total. The summed E-state index contributed by atoms with van der Waals surface area (Å²) in [5.41, 5.74) is 0.299. The monoisotopic (exact) mass is 235 g/mol. The Hall–Kier alpha value is -1.96. The van der Waals surface area contributed by atoms with Gasteiger partial charge in [0.2, 0.25) is 0 Å². The maximum atomic E-state index is 11.3. The average molecular weight is 235 g/mol. The summed E-state index contributed by atoms with van der Waals surface area (Å²) in [5, 5.41) is 9.13. The van der Waals surface area contributed by atoms with Gasteiger partial charge in [0.05, 0.1) is 0 Å². The third-order valence-corrected chi connectivity index (χ3v) is 1.64. The van der Waals surface area contributed by atoms with E-state index in [1.807, 2.05) is 20.8 Å². The average Bonchev–Trinajstić information content (AvgIpc) is 2.67. The number of amides is 1. The Morgan fingerprint density at radius 3 is 2.94 bits per heavy atom. The molecule has 0 saturated heterocycles. The van der Waals surface area contributed by atoms with Crippen LogP contribution in [-0.2, 0) is 4.74 Å². The third kappa shape index (κ3) is 6.25. The first-order chi connectivity index (χ1) is 7.97. The SMILES string of the molecule is CC(C)(C)OC(=O)NCCC#Cc1ccn[nH]1. The van der Waals surface area contributed by atoms with E-state index in [9.17, 15) is 4.79 Å². The van der Waals surface area contributed by atoms with Gasteiger partial charge in [-0.05, 0) is 32.8 Å². The highest BCUT2D eigenvalue weighted by Crippen LogP contribution is 2.06. The van der Waals surface area contributed by atoms with Crippen molar-refractivity contribution in [2.75, 3.05) is 6.54 Å². The number of rotatable bonds is 2. The molecule has 2 N–H and O–H groups in total. The number of hydrogen-bond acceptors (Lipinski definition) is 3. The molecule has 1 amide bonds. The number of ether oxygens (including phenoxy) is 1. The van der Waals surface area contributed by atoms with Crippen LogP contribution in [-0.4, -0.2) is 28.4 Å². The fourth-order valence-electron chi connectivity index (χ4n) is 1.02. The number of nitrogens with one attached hydrogen (secondary N) is 2. The van der Waals surface area contributed by atoms with Gasteiger partial charge in [0.15, 0.2) is 0 Å². The van der Waals surface area contributed by atoms with Gasteiger partial charge in [-0.2, -0.15) is 5.10 Å². The van der Waals surface area contributed by atoms with Crippen molar-refractivity contribution < 1.29 is 9.53 Å². The van der Waals surface area contributed by atoms with E-state index in [4.69, 9.17) is 4.74 Å². The molecule has 1 rings (SSSR count). The summed E-state index contributed by atoms with van der Waals surface area (Å²) in [6, 6.07) is 1.79. The Balaban J connectivity index is 2.18. The van der Waals surface area contributed by atoms with Crippen LogP contribution in [0.5, 0.6) is 0 Å². The molecule has 0 aliphatic rings. The van der Waals surface area contributed by atoms with Crippen molar-refractivity contribution in [1.82, 2.24) is 15.5 Å². The molecule has 0 atom stereocenters. The Labute approximate surface area is 101 Å². The van der Waals surface area contributed by atoms with E-state index in [1.165, 1.54) is 0 Å². The lowest BCUT2D eigenvalue weighted by Gasteiger charge is -2.19. The molecule has 1 heterocycles. The van der Waals surface area contributed by atoms with E-state index >= 15 is 0 Å². The number of alkyl carbamates (subject to hydrolysis) is 1. The lowest BCUT2D eigenvalue weighted by molar-refractivity contribution is 0.0529. The van der Waals surface area contributed by atoms with Gasteiger partial charge in [-0.25, -0.2) is 4.79 Å². The van der Waals surface area contributed by atoms with E-state index < -0.39 is 11.7 Å². The van der Waals surface area contributed by atoms with Gasteiger partial charge < -0.3 is 10.1 Å². The van der Waals surface area contributed by atoms with Crippen LogP contribution in [0.3, 0.4) is 0 Å². The van der Waals surface area contributed by atoms with Gasteiger partial charge >= 0.3 is 6.09 Å². The van der Waals surface area contributed by atoms with Crippen molar-refractivity contribution in [3.63, 3.8) is 0 Å². The zero-order valence-corrected chi connectivity index (χ0v) is 10.3. The first-order valence-electron chi connectivity index (χ1n) is 5.42. The second-order valence-corrected chi connectivity index (χ2v) is 4.45. The van der Waals surface area contributed by atoms with Gasteiger partial charge in [-0.3, -0.25) is 5.10 Å². The zero-order chi connectivity index (χ0) is 12.7. The number of aromatic amines is 1. The second kappa shape index (κ2) is 5.94. The van der Waals surface area contributed by atoms with Crippen molar-refractivity contribution in [1.29, 1.82) is 0 Å². The Morgan fingerprint density at radius 1 is 1.59 bits per heavy atom. The lowest BCUT2D eigenvalue weighted by Crippen LogP contribution is -2.32. The van der Waals surface area contributed by atoms with Crippen molar-refractivity contribution in [3.05, 3.63) is 18.0 Å². The first kappa shape index (κ1) is 13.1. The van der Waals surface area contributed by atoms with Gasteiger partial charge in [0.1, 0.15) is 11.3 Å². The van der Waals surface area contributed by atoms with E-state index in [-0.39, 0.29) is 0 Å². The van der Waals surface area contributed by atoms with Gasteiger partial charge in [0, 0.05) is 19.2 Å². The first-order valence-corrected chi connectivity index (χ1v) is 5.42. The molecule has 0 unspecified atom stereocenters. The quantitative estimate of drug-likeness (QED) is 0.605.